The minimum Gasteiger partial charge on any atom is -0.384 e. The molecule has 2 nitrogen and oxygen atoms in total. The Hall–Kier alpha value is -0.570. The maximum Gasteiger partial charge on any atom is 0.0529 e. The largest absolute Gasteiger partial charge is 0.384 e. The zero-order valence-corrected chi connectivity index (χ0v) is 8.76. The zero-order chi connectivity index (χ0) is 8.81. The number of pyridine rings is 1. The van der Waals surface area contributed by atoms with Gasteiger partial charge in [0.2, 0.25) is 0 Å². The number of alkyl halides is 1. The zero-order valence-electron chi connectivity index (χ0n) is 7.18. The van der Waals surface area contributed by atoms with Crippen LogP contribution >= 0.6 is 15.9 Å². The van der Waals surface area contributed by atoms with Crippen molar-refractivity contribution in [1.29, 1.82) is 0 Å². The molecule has 0 aliphatic rings. The second-order valence-electron chi connectivity index (χ2n) is 2.64. The molecular weight excluding hydrogens is 216 g/mol. The molecule has 1 aromatic rings. The predicted molar refractivity (Wildman–Crippen MR) is 55.6 cm³/mol. The maximum absolute atomic E-state index is 4.12. The van der Waals surface area contributed by atoms with Crippen molar-refractivity contribution in [1.82, 2.24) is 4.98 Å². The Balaban J connectivity index is 2.60. The number of aromatic nitrogens is 1. The van der Waals surface area contributed by atoms with Gasteiger partial charge in [-0.1, -0.05) is 22.9 Å². The normalized spacial score (nSPS) is 9.83. The molecule has 0 radical (unpaired) electrons. The van der Waals surface area contributed by atoms with Gasteiger partial charge in [0.05, 0.1) is 5.69 Å². The van der Waals surface area contributed by atoms with Crippen molar-refractivity contribution in [2.24, 2.45) is 0 Å². The summed E-state index contributed by atoms with van der Waals surface area (Å²) in [7, 11) is 0. The van der Waals surface area contributed by atoms with Crippen LogP contribution in [0.25, 0.3) is 0 Å². The standard InChI is InChI=1S/C9H13BrN2/c1-2-3-12-9-4-8(5-10)6-11-7-9/h4,6-7,12H,2-3,5H2,1H3. The number of hydrogen-bond donors (Lipinski definition) is 1. The van der Waals surface area contributed by atoms with Crippen molar-refractivity contribution in [2.45, 2.75) is 18.7 Å². The summed E-state index contributed by atoms with van der Waals surface area (Å²) in [6.45, 7) is 3.15. The van der Waals surface area contributed by atoms with E-state index in [1.165, 1.54) is 5.56 Å². The van der Waals surface area contributed by atoms with E-state index in [2.05, 4.69) is 39.2 Å². The van der Waals surface area contributed by atoms with E-state index in [0.717, 1.165) is 24.0 Å². The van der Waals surface area contributed by atoms with E-state index in [-0.39, 0.29) is 0 Å². The summed E-state index contributed by atoms with van der Waals surface area (Å²) in [5, 5.41) is 4.15. The summed E-state index contributed by atoms with van der Waals surface area (Å²) in [4.78, 5) is 4.12. The van der Waals surface area contributed by atoms with Crippen molar-refractivity contribution in [2.75, 3.05) is 11.9 Å². The van der Waals surface area contributed by atoms with E-state index in [1.54, 1.807) is 0 Å². The molecule has 0 bridgehead atoms. The monoisotopic (exact) mass is 228 g/mol. The lowest BCUT2D eigenvalue weighted by atomic mass is 10.3. The first-order chi connectivity index (χ1) is 5.86. The molecule has 0 unspecified atom stereocenters. The summed E-state index contributed by atoms with van der Waals surface area (Å²) in [6.07, 6.45) is 4.85. The van der Waals surface area contributed by atoms with E-state index in [9.17, 15) is 0 Å². The molecule has 1 heterocycles. The lowest BCUT2D eigenvalue weighted by molar-refractivity contribution is 0.976. The molecule has 0 atom stereocenters. The Kier molecular flexibility index (Phi) is 4.08. The first-order valence-corrected chi connectivity index (χ1v) is 5.22. The van der Waals surface area contributed by atoms with Gasteiger partial charge < -0.3 is 5.32 Å². The highest BCUT2D eigenvalue weighted by Gasteiger charge is 1.93. The lowest BCUT2D eigenvalue weighted by Crippen LogP contribution is -2.00. The fourth-order valence-electron chi connectivity index (χ4n) is 0.927. The Morgan fingerprint density at radius 1 is 1.50 bits per heavy atom. The maximum atomic E-state index is 4.12. The average molecular weight is 229 g/mol. The van der Waals surface area contributed by atoms with E-state index in [4.69, 9.17) is 0 Å². The lowest BCUT2D eigenvalue weighted by Gasteiger charge is -2.04. The van der Waals surface area contributed by atoms with Crippen LogP contribution in [0.5, 0.6) is 0 Å². The van der Waals surface area contributed by atoms with Gasteiger partial charge in [-0.2, -0.15) is 0 Å². The summed E-state index contributed by atoms with van der Waals surface area (Å²) in [6, 6.07) is 2.11. The number of anilines is 1. The summed E-state index contributed by atoms with van der Waals surface area (Å²) < 4.78 is 0. The van der Waals surface area contributed by atoms with Crippen molar-refractivity contribution < 1.29 is 0 Å². The molecule has 12 heavy (non-hydrogen) atoms. The van der Waals surface area contributed by atoms with Crippen LogP contribution in [-0.4, -0.2) is 11.5 Å². The Labute approximate surface area is 81.5 Å². The van der Waals surface area contributed by atoms with Crippen molar-refractivity contribution >= 4 is 21.6 Å². The second kappa shape index (κ2) is 5.14. The van der Waals surface area contributed by atoms with Crippen LogP contribution in [0.2, 0.25) is 0 Å². The minimum atomic E-state index is 0.863. The number of hydrogen-bond acceptors (Lipinski definition) is 2. The van der Waals surface area contributed by atoms with Crippen LogP contribution in [0.15, 0.2) is 18.5 Å². The van der Waals surface area contributed by atoms with Crippen LogP contribution in [0.1, 0.15) is 18.9 Å². The third-order valence-corrected chi connectivity index (χ3v) is 2.18. The third-order valence-electron chi connectivity index (χ3n) is 1.53. The molecule has 66 valence electrons. The number of rotatable bonds is 4. The molecule has 1 N–H and O–H groups in total. The van der Waals surface area contributed by atoms with Gasteiger partial charge in [-0.05, 0) is 18.1 Å². The first kappa shape index (κ1) is 9.52. The quantitative estimate of drug-likeness (QED) is 0.803. The Morgan fingerprint density at radius 3 is 3.00 bits per heavy atom. The molecule has 0 fully saturated rings. The molecular formula is C9H13BrN2. The molecule has 0 saturated heterocycles. The van der Waals surface area contributed by atoms with Gasteiger partial charge in [0.1, 0.15) is 0 Å². The van der Waals surface area contributed by atoms with Crippen molar-refractivity contribution in [3.63, 3.8) is 0 Å². The van der Waals surface area contributed by atoms with Crippen LogP contribution in [0, 0.1) is 0 Å². The fourth-order valence-corrected chi connectivity index (χ4v) is 1.23. The van der Waals surface area contributed by atoms with E-state index in [0.29, 0.717) is 0 Å². The molecule has 1 rings (SSSR count). The molecule has 0 saturated carbocycles. The summed E-state index contributed by atoms with van der Waals surface area (Å²) in [5.41, 5.74) is 2.31. The number of nitrogens with one attached hydrogen (secondary N) is 1. The smallest absolute Gasteiger partial charge is 0.0529 e. The van der Waals surface area contributed by atoms with Gasteiger partial charge >= 0.3 is 0 Å². The number of nitrogens with zero attached hydrogens (tertiary/aromatic N) is 1. The van der Waals surface area contributed by atoms with Crippen LogP contribution in [0.4, 0.5) is 5.69 Å². The van der Waals surface area contributed by atoms with Crippen LogP contribution in [0.3, 0.4) is 0 Å². The molecule has 0 spiro atoms. The van der Waals surface area contributed by atoms with E-state index in [1.807, 2.05) is 12.4 Å². The fraction of sp³-hybridized carbons (Fsp3) is 0.444. The second-order valence-corrected chi connectivity index (χ2v) is 3.20. The Morgan fingerprint density at radius 2 is 2.33 bits per heavy atom. The molecule has 0 aliphatic carbocycles. The highest BCUT2D eigenvalue weighted by Crippen LogP contribution is 2.10. The topological polar surface area (TPSA) is 24.9 Å². The Bertz CT molecular complexity index is 238. The van der Waals surface area contributed by atoms with Crippen LogP contribution < -0.4 is 5.32 Å². The van der Waals surface area contributed by atoms with Gasteiger partial charge in [-0.3, -0.25) is 4.98 Å². The first-order valence-electron chi connectivity index (χ1n) is 4.10. The van der Waals surface area contributed by atoms with Gasteiger partial charge in [0.25, 0.3) is 0 Å². The van der Waals surface area contributed by atoms with Gasteiger partial charge in [0, 0.05) is 24.3 Å². The van der Waals surface area contributed by atoms with E-state index >= 15 is 0 Å². The van der Waals surface area contributed by atoms with Crippen molar-refractivity contribution in [3.05, 3.63) is 24.0 Å². The molecule has 3 heteroatoms. The number of halogens is 1. The summed E-state index contributed by atoms with van der Waals surface area (Å²) in [5.74, 6) is 0. The van der Waals surface area contributed by atoms with Gasteiger partial charge in [0.15, 0.2) is 0 Å². The molecule has 1 aromatic heterocycles. The highest BCUT2D eigenvalue weighted by atomic mass is 79.9. The van der Waals surface area contributed by atoms with Gasteiger partial charge in [-0.25, -0.2) is 0 Å². The molecule has 0 aromatic carbocycles. The predicted octanol–water partition coefficient (Wildman–Crippen LogP) is 2.80. The highest BCUT2D eigenvalue weighted by molar-refractivity contribution is 9.08. The van der Waals surface area contributed by atoms with E-state index < -0.39 is 0 Å². The van der Waals surface area contributed by atoms with Crippen LogP contribution in [-0.2, 0) is 5.33 Å². The van der Waals surface area contributed by atoms with Crippen molar-refractivity contribution in [3.8, 4) is 0 Å². The third kappa shape index (κ3) is 2.81. The summed E-state index contributed by atoms with van der Waals surface area (Å²) >= 11 is 3.39. The average Bonchev–Trinajstić information content (AvgIpc) is 2.15. The SMILES string of the molecule is CCCNc1cncc(CBr)c1. The molecule has 0 amide bonds. The minimum absolute atomic E-state index is 0.863. The van der Waals surface area contributed by atoms with Gasteiger partial charge in [-0.15, -0.1) is 0 Å². The molecule has 0 aliphatic heterocycles.